The van der Waals surface area contributed by atoms with Crippen molar-refractivity contribution in [1.29, 1.82) is 0 Å². The molecule has 10 heteroatoms. The molecule has 1 aliphatic rings. The first-order chi connectivity index (χ1) is 17.3. The molecule has 2 aromatic carbocycles. The Morgan fingerprint density at radius 3 is 2.47 bits per heavy atom. The quantitative estimate of drug-likeness (QED) is 0.224. The third-order valence-electron chi connectivity index (χ3n) is 6.44. The summed E-state index contributed by atoms with van der Waals surface area (Å²) in [5.41, 5.74) is 2.45. The van der Waals surface area contributed by atoms with E-state index in [0.717, 1.165) is 10.9 Å². The van der Waals surface area contributed by atoms with E-state index in [1.165, 1.54) is 6.07 Å². The Labute approximate surface area is 206 Å². The summed E-state index contributed by atoms with van der Waals surface area (Å²) in [5, 5.41) is 15.5. The van der Waals surface area contributed by atoms with Crippen molar-refractivity contribution < 1.29 is 19.2 Å². The molecule has 0 radical (unpaired) electrons. The Morgan fingerprint density at radius 1 is 1.06 bits per heavy atom. The number of nitrogens with one attached hydrogen (secondary N) is 2. The standard InChI is InChI=1S/C26H25N5O5/c1-29(2)12-15(36-3)13-30-14-18(22-20(30)9-6-10-21(22)31(34)35)24-23(25(32)28-26(24)33)17-11-27-19-8-5-4-7-16(17)19/h4-11,14-15,27H,12-13H2,1-3H3,(H,28,32,33). The van der Waals surface area contributed by atoms with E-state index in [9.17, 15) is 19.7 Å². The number of hydrogen-bond donors (Lipinski definition) is 2. The molecule has 36 heavy (non-hydrogen) atoms. The Hall–Kier alpha value is -4.28. The zero-order valence-electron chi connectivity index (χ0n) is 20.1. The average molecular weight is 488 g/mol. The first-order valence-electron chi connectivity index (χ1n) is 11.4. The fourth-order valence-corrected chi connectivity index (χ4v) is 4.91. The molecule has 2 N–H and O–H groups in total. The number of nitro benzene ring substituents is 1. The molecule has 5 rings (SSSR count). The van der Waals surface area contributed by atoms with E-state index in [1.807, 2.05) is 47.8 Å². The van der Waals surface area contributed by atoms with Crippen molar-refractivity contribution in [2.24, 2.45) is 0 Å². The van der Waals surface area contributed by atoms with Crippen molar-refractivity contribution in [3.05, 3.63) is 76.1 Å². The average Bonchev–Trinajstić information content (AvgIpc) is 3.51. The van der Waals surface area contributed by atoms with Crippen LogP contribution in [0.25, 0.3) is 33.0 Å². The lowest BCUT2D eigenvalue weighted by Crippen LogP contribution is -2.31. The number of H-pyrrole nitrogens is 1. The summed E-state index contributed by atoms with van der Waals surface area (Å²) >= 11 is 0. The zero-order valence-corrected chi connectivity index (χ0v) is 20.1. The highest BCUT2D eigenvalue weighted by Crippen LogP contribution is 2.41. The van der Waals surface area contributed by atoms with Gasteiger partial charge in [0.2, 0.25) is 0 Å². The van der Waals surface area contributed by atoms with Crippen molar-refractivity contribution >= 4 is 50.5 Å². The minimum atomic E-state index is -0.589. The fourth-order valence-electron chi connectivity index (χ4n) is 4.91. The van der Waals surface area contributed by atoms with Crippen molar-refractivity contribution in [3.8, 4) is 0 Å². The number of rotatable bonds is 8. The van der Waals surface area contributed by atoms with Gasteiger partial charge in [0.1, 0.15) is 0 Å². The number of aromatic amines is 1. The number of methoxy groups -OCH3 is 1. The second-order valence-electron chi connectivity index (χ2n) is 9.02. The smallest absolute Gasteiger partial charge is 0.279 e. The number of benzene rings is 2. The highest BCUT2D eigenvalue weighted by molar-refractivity contribution is 6.51. The lowest BCUT2D eigenvalue weighted by atomic mass is 9.95. The predicted octanol–water partition coefficient (Wildman–Crippen LogP) is 3.17. The summed E-state index contributed by atoms with van der Waals surface area (Å²) in [6, 6.07) is 12.2. The largest absolute Gasteiger partial charge is 0.378 e. The molecule has 0 saturated heterocycles. The molecular formula is C26H25N5O5. The summed E-state index contributed by atoms with van der Waals surface area (Å²) < 4.78 is 7.50. The lowest BCUT2D eigenvalue weighted by Gasteiger charge is -2.20. The summed E-state index contributed by atoms with van der Waals surface area (Å²) in [4.78, 5) is 42.9. The number of non-ortho nitro benzene ring substituents is 1. The molecule has 1 unspecified atom stereocenters. The van der Waals surface area contributed by atoms with Gasteiger partial charge in [0, 0.05) is 54.1 Å². The number of carbonyl (C=O) groups is 2. The summed E-state index contributed by atoms with van der Waals surface area (Å²) in [6.45, 7) is 1.03. The molecule has 0 fully saturated rings. The van der Waals surface area contributed by atoms with Gasteiger partial charge in [-0.15, -0.1) is 0 Å². The van der Waals surface area contributed by atoms with E-state index in [-0.39, 0.29) is 22.9 Å². The SMILES string of the molecule is COC(CN(C)C)Cn1cc(C2=C(c3c[nH]c4ccccc34)C(=O)NC2=O)c2c([N+](=O)[O-])cccc21. The van der Waals surface area contributed by atoms with E-state index >= 15 is 0 Å². The molecule has 2 aromatic heterocycles. The molecule has 0 spiro atoms. The minimum absolute atomic E-state index is 0.115. The maximum Gasteiger partial charge on any atom is 0.279 e. The first-order valence-corrected chi connectivity index (χ1v) is 11.4. The number of aromatic nitrogens is 2. The van der Waals surface area contributed by atoms with Crippen LogP contribution in [-0.4, -0.2) is 65.0 Å². The topological polar surface area (TPSA) is 122 Å². The van der Waals surface area contributed by atoms with Gasteiger partial charge in [0.25, 0.3) is 17.5 Å². The second kappa shape index (κ2) is 9.06. The third-order valence-corrected chi connectivity index (χ3v) is 6.44. The van der Waals surface area contributed by atoms with Gasteiger partial charge in [-0.25, -0.2) is 0 Å². The number of hydrogen-bond acceptors (Lipinski definition) is 6. The fraction of sp³-hybridized carbons (Fsp3) is 0.231. The molecule has 0 saturated carbocycles. The molecule has 2 amide bonds. The van der Waals surface area contributed by atoms with Crippen molar-refractivity contribution in [2.45, 2.75) is 12.6 Å². The van der Waals surface area contributed by atoms with Crippen LogP contribution in [0.1, 0.15) is 11.1 Å². The van der Waals surface area contributed by atoms with Gasteiger partial charge in [-0.05, 0) is 26.2 Å². The molecule has 10 nitrogen and oxygen atoms in total. The number of nitrogens with zero attached hydrogens (tertiary/aromatic N) is 3. The van der Waals surface area contributed by atoms with E-state index in [2.05, 4.69) is 10.3 Å². The summed E-state index contributed by atoms with van der Waals surface area (Å²) in [6.07, 6.45) is 3.19. The van der Waals surface area contributed by atoms with Crippen LogP contribution in [-0.2, 0) is 20.9 Å². The van der Waals surface area contributed by atoms with E-state index < -0.39 is 16.7 Å². The number of likely N-dealkylation sites (N-methyl/N-ethyl adjacent to an activating group) is 1. The van der Waals surface area contributed by atoms with Crippen LogP contribution in [0.3, 0.4) is 0 Å². The van der Waals surface area contributed by atoms with E-state index in [0.29, 0.717) is 35.1 Å². The summed E-state index contributed by atoms with van der Waals surface area (Å²) in [7, 11) is 5.48. The van der Waals surface area contributed by atoms with Gasteiger partial charge < -0.3 is 19.2 Å². The highest BCUT2D eigenvalue weighted by atomic mass is 16.6. The number of carbonyl (C=O) groups excluding carboxylic acids is 2. The number of fused-ring (bicyclic) bond motifs is 2. The molecule has 4 aromatic rings. The highest BCUT2D eigenvalue weighted by Gasteiger charge is 2.36. The molecule has 1 aliphatic heterocycles. The van der Waals surface area contributed by atoms with Gasteiger partial charge >= 0.3 is 0 Å². The van der Waals surface area contributed by atoms with Gasteiger partial charge in [-0.1, -0.05) is 24.3 Å². The predicted molar refractivity (Wildman–Crippen MR) is 136 cm³/mol. The molecule has 184 valence electrons. The van der Waals surface area contributed by atoms with Crippen molar-refractivity contribution in [1.82, 2.24) is 19.8 Å². The molecule has 1 atom stereocenters. The number of ether oxygens (including phenoxy) is 1. The van der Waals surface area contributed by atoms with Gasteiger partial charge in [0.05, 0.1) is 39.6 Å². The minimum Gasteiger partial charge on any atom is -0.378 e. The maximum absolute atomic E-state index is 13.2. The Kier molecular flexibility index (Phi) is 5.91. The second-order valence-corrected chi connectivity index (χ2v) is 9.02. The van der Waals surface area contributed by atoms with Crippen LogP contribution >= 0.6 is 0 Å². The number of imide groups is 1. The summed E-state index contributed by atoms with van der Waals surface area (Å²) in [5.74, 6) is -1.13. The number of para-hydroxylation sites is 1. The van der Waals surface area contributed by atoms with Crippen LogP contribution in [0, 0.1) is 10.1 Å². The number of amides is 2. The van der Waals surface area contributed by atoms with E-state index in [1.54, 1.807) is 31.6 Å². The molecule has 3 heterocycles. The maximum atomic E-state index is 13.2. The van der Waals surface area contributed by atoms with Crippen LogP contribution in [0.2, 0.25) is 0 Å². The van der Waals surface area contributed by atoms with Crippen LogP contribution < -0.4 is 5.32 Å². The Bertz CT molecular complexity index is 1560. The zero-order chi connectivity index (χ0) is 25.6. The normalized spacial score (nSPS) is 14.9. The molecule has 0 aliphatic carbocycles. The Balaban J connectivity index is 1.79. The van der Waals surface area contributed by atoms with Crippen molar-refractivity contribution in [2.75, 3.05) is 27.7 Å². The van der Waals surface area contributed by atoms with Crippen LogP contribution in [0.5, 0.6) is 0 Å². The van der Waals surface area contributed by atoms with E-state index in [4.69, 9.17) is 4.74 Å². The molecular weight excluding hydrogens is 462 g/mol. The number of nitro groups is 1. The third kappa shape index (κ3) is 3.86. The Morgan fingerprint density at radius 2 is 1.78 bits per heavy atom. The van der Waals surface area contributed by atoms with Crippen molar-refractivity contribution in [3.63, 3.8) is 0 Å². The van der Waals surface area contributed by atoms with Crippen LogP contribution in [0.4, 0.5) is 5.69 Å². The van der Waals surface area contributed by atoms with Gasteiger partial charge in [-0.3, -0.25) is 25.0 Å². The van der Waals surface area contributed by atoms with Gasteiger partial charge in [-0.2, -0.15) is 0 Å². The molecule has 0 bridgehead atoms. The monoisotopic (exact) mass is 487 g/mol. The van der Waals surface area contributed by atoms with Crippen LogP contribution in [0.15, 0.2) is 54.9 Å². The first kappa shape index (κ1) is 23.5. The lowest BCUT2D eigenvalue weighted by molar-refractivity contribution is -0.383. The van der Waals surface area contributed by atoms with Gasteiger partial charge in [0.15, 0.2) is 0 Å².